The third-order valence-electron chi connectivity index (χ3n) is 4.07. The molecule has 1 fully saturated rings. The van der Waals surface area contributed by atoms with Crippen molar-refractivity contribution in [3.8, 4) is 0 Å². The average Bonchev–Trinajstić information content (AvgIpc) is 3.44. The molecule has 1 saturated carbocycles. The summed E-state index contributed by atoms with van der Waals surface area (Å²) < 4.78 is 0. The maximum absolute atomic E-state index is 12.2. The number of carbonyl (C=O) groups is 3. The lowest BCUT2D eigenvalue weighted by molar-refractivity contribution is -0.136. The van der Waals surface area contributed by atoms with Crippen molar-refractivity contribution >= 4 is 23.4 Å². The Labute approximate surface area is 152 Å². The molecule has 3 rings (SSSR count). The summed E-state index contributed by atoms with van der Waals surface area (Å²) in [6, 6.07) is 14.5. The second-order valence-corrected chi connectivity index (χ2v) is 6.42. The van der Waals surface area contributed by atoms with Crippen LogP contribution in [0.5, 0.6) is 0 Å². The molecule has 0 radical (unpaired) electrons. The fraction of sp³-hybridized carbons (Fsp3) is 0.250. The van der Waals surface area contributed by atoms with E-state index in [-0.39, 0.29) is 18.5 Å². The van der Waals surface area contributed by atoms with Gasteiger partial charge in [-0.1, -0.05) is 42.0 Å². The first-order valence-corrected chi connectivity index (χ1v) is 8.57. The quantitative estimate of drug-likeness (QED) is 0.721. The lowest BCUT2D eigenvalue weighted by Crippen LogP contribution is -2.35. The Bertz CT molecular complexity index is 844. The molecule has 1 aliphatic carbocycles. The summed E-state index contributed by atoms with van der Waals surface area (Å²) in [5.41, 5.74) is 2.66. The van der Waals surface area contributed by atoms with Crippen molar-refractivity contribution in [1.82, 2.24) is 10.6 Å². The van der Waals surface area contributed by atoms with E-state index in [1.165, 1.54) is 0 Å². The summed E-state index contributed by atoms with van der Waals surface area (Å²) in [5.74, 6) is -1.79. The van der Waals surface area contributed by atoms with E-state index in [1.807, 2.05) is 31.2 Å². The first-order chi connectivity index (χ1) is 12.5. The highest BCUT2D eigenvalue weighted by Gasteiger charge is 2.25. The van der Waals surface area contributed by atoms with Crippen molar-refractivity contribution in [2.45, 2.75) is 32.4 Å². The van der Waals surface area contributed by atoms with Crippen molar-refractivity contribution in [2.75, 3.05) is 5.32 Å². The molecule has 0 bridgehead atoms. The zero-order valence-corrected chi connectivity index (χ0v) is 14.5. The first kappa shape index (κ1) is 17.7. The summed E-state index contributed by atoms with van der Waals surface area (Å²) in [4.78, 5) is 36.5. The highest BCUT2D eigenvalue weighted by Crippen LogP contribution is 2.21. The number of rotatable bonds is 5. The number of nitrogens with one attached hydrogen (secondary N) is 3. The fourth-order valence-electron chi connectivity index (χ4n) is 2.54. The Morgan fingerprint density at radius 3 is 2.50 bits per heavy atom. The van der Waals surface area contributed by atoms with Crippen LogP contribution in [0.1, 0.15) is 34.3 Å². The summed E-state index contributed by atoms with van der Waals surface area (Å²) in [6.07, 6.45) is 1.95. The van der Waals surface area contributed by atoms with Gasteiger partial charge in [-0.15, -0.1) is 0 Å². The Kier molecular flexibility index (Phi) is 5.31. The standard InChI is InChI=1S/C20H21N3O3/c1-13-5-4-6-14(11-13)12-21-19(25)20(26)23-17-8-3-2-7-16(17)18(24)22-15-9-10-15/h2-8,11,15H,9-10,12H2,1H3,(H,21,25)(H,22,24)(H,23,26). The predicted molar refractivity (Wildman–Crippen MR) is 98.6 cm³/mol. The Morgan fingerprint density at radius 2 is 1.77 bits per heavy atom. The molecule has 0 heterocycles. The number of para-hydroxylation sites is 1. The molecule has 0 atom stereocenters. The molecule has 0 aromatic heterocycles. The van der Waals surface area contributed by atoms with Gasteiger partial charge in [-0.2, -0.15) is 0 Å². The lowest BCUT2D eigenvalue weighted by Gasteiger charge is -2.11. The molecule has 6 nitrogen and oxygen atoms in total. The van der Waals surface area contributed by atoms with Crippen LogP contribution in [-0.4, -0.2) is 23.8 Å². The van der Waals surface area contributed by atoms with Gasteiger partial charge in [-0.25, -0.2) is 0 Å². The molecule has 3 N–H and O–H groups in total. The summed E-state index contributed by atoms with van der Waals surface area (Å²) >= 11 is 0. The van der Waals surface area contributed by atoms with E-state index in [0.717, 1.165) is 24.0 Å². The van der Waals surface area contributed by atoms with Crippen LogP contribution in [0.2, 0.25) is 0 Å². The summed E-state index contributed by atoms with van der Waals surface area (Å²) in [6.45, 7) is 2.22. The number of hydrogen-bond acceptors (Lipinski definition) is 3. The van der Waals surface area contributed by atoms with Crippen molar-refractivity contribution in [1.29, 1.82) is 0 Å². The lowest BCUT2D eigenvalue weighted by atomic mass is 10.1. The van der Waals surface area contributed by atoms with E-state index < -0.39 is 11.8 Å². The van der Waals surface area contributed by atoms with Crippen molar-refractivity contribution in [3.05, 3.63) is 65.2 Å². The maximum Gasteiger partial charge on any atom is 0.313 e. The van der Waals surface area contributed by atoms with E-state index in [4.69, 9.17) is 0 Å². The molecule has 0 aliphatic heterocycles. The fourth-order valence-corrected chi connectivity index (χ4v) is 2.54. The van der Waals surface area contributed by atoms with Crippen LogP contribution >= 0.6 is 0 Å². The van der Waals surface area contributed by atoms with Gasteiger partial charge in [0.1, 0.15) is 0 Å². The Hall–Kier alpha value is -3.15. The zero-order valence-electron chi connectivity index (χ0n) is 14.5. The van der Waals surface area contributed by atoms with Crippen LogP contribution in [0.3, 0.4) is 0 Å². The second-order valence-electron chi connectivity index (χ2n) is 6.42. The SMILES string of the molecule is Cc1cccc(CNC(=O)C(=O)Nc2ccccc2C(=O)NC2CC2)c1. The Balaban J connectivity index is 1.60. The molecule has 0 unspecified atom stereocenters. The van der Waals surface area contributed by atoms with Gasteiger partial charge in [0.2, 0.25) is 0 Å². The normalized spacial score (nSPS) is 13.0. The number of benzene rings is 2. The van der Waals surface area contributed by atoms with E-state index in [1.54, 1.807) is 24.3 Å². The molecule has 0 saturated heterocycles. The summed E-state index contributed by atoms with van der Waals surface area (Å²) in [5, 5.41) is 7.98. The minimum atomic E-state index is -0.802. The zero-order chi connectivity index (χ0) is 18.5. The minimum absolute atomic E-state index is 0.212. The van der Waals surface area contributed by atoms with Crippen molar-refractivity contribution in [2.24, 2.45) is 0 Å². The van der Waals surface area contributed by atoms with Crippen molar-refractivity contribution < 1.29 is 14.4 Å². The van der Waals surface area contributed by atoms with Crippen LogP contribution < -0.4 is 16.0 Å². The van der Waals surface area contributed by atoms with Gasteiger partial charge in [0, 0.05) is 12.6 Å². The smallest absolute Gasteiger partial charge is 0.313 e. The number of anilines is 1. The van der Waals surface area contributed by atoms with Gasteiger partial charge >= 0.3 is 11.8 Å². The second kappa shape index (κ2) is 7.82. The van der Waals surface area contributed by atoms with Crippen LogP contribution in [0, 0.1) is 6.92 Å². The molecule has 26 heavy (non-hydrogen) atoms. The van der Waals surface area contributed by atoms with Crippen LogP contribution in [0.15, 0.2) is 48.5 Å². The van der Waals surface area contributed by atoms with Gasteiger partial charge in [0.15, 0.2) is 0 Å². The monoisotopic (exact) mass is 351 g/mol. The van der Waals surface area contributed by atoms with E-state index >= 15 is 0 Å². The van der Waals surface area contributed by atoms with Gasteiger partial charge in [0.25, 0.3) is 5.91 Å². The van der Waals surface area contributed by atoms with E-state index in [2.05, 4.69) is 16.0 Å². The third-order valence-corrected chi connectivity index (χ3v) is 4.07. The molecule has 134 valence electrons. The molecular weight excluding hydrogens is 330 g/mol. The molecule has 6 heteroatoms. The molecular formula is C20H21N3O3. The molecule has 0 spiro atoms. The summed E-state index contributed by atoms with van der Waals surface area (Å²) in [7, 11) is 0. The first-order valence-electron chi connectivity index (χ1n) is 8.57. The maximum atomic E-state index is 12.2. The highest BCUT2D eigenvalue weighted by atomic mass is 16.2. The molecule has 1 aliphatic rings. The predicted octanol–water partition coefficient (Wildman–Crippen LogP) is 2.14. The molecule has 3 amide bonds. The van der Waals surface area contributed by atoms with E-state index in [0.29, 0.717) is 11.3 Å². The molecule has 2 aromatic rings. The van der Waals surface area contributed by atoms with Crippen LogP contribution in [0.4, 0.5) is 5.69 Å². The van der Waals surface area contributed by atoms with Gasteiger partial charge in [-0.3, -0.25) is 14.4 Å². The van der Waals surface area contributed by atoms with Gasteiger partial charge in [-0.05, 0) is 37.5 Å². The van der Waals surface area contributed by atoms with Crippen LogP contribution in [0.25, 0.3) is 0 Å². The third kappa shape index (κ3) is 4.69. The van der Waals surface area contributed by atoms with Crippen molar-refractivity contribution in [3.63, 3.8) is 0 Å². The average molecular weight is 351 g/mol. The van der Waals surface area contributed by atoms with Gasteiger partial charge < -0.3 is 16.0 Å². The number of hydrogen-bond donors (Lipinski definition) is 3. The highest BCUT2D eigenvalue weighted by molar-refractivity contribution is 6.40. The number of amides is 3. The minimum Gasteiger partial charge on any atom is -0.349 e. The number of aryl methyl sites for hydroxylation is 1. The van der Waals surface area contributed by atoms with Gasteiger partial charge in [0.05, 0.1) is 11.3 Å². The molecule has 2 aromatic carbocycles. The number of carbonyl (C=O) groups excluding carboxylic acids is 3. The Morgan fingerprint density at radius 1 is 1.00 bits per heavy atom. The van der Waals surface area contributed by atoms with E-state index in [9.17, 15) is 14.4 Å². The van der Waals surface area contributed by atoms with Crippen LogP contribution in [-0.2, 0) is 16.1 Å². The largest absolute Gasteiger partial charge is 0.349 e. The topological polar surface area (TPSA) is 87.3 Å².